The van der Waals surface area contributed by atoms with E-state index in [0.717, 1.165) is 32.9 Å². The van der Waals surface area contributed by atoms with E-state index in [2.05, 4.69) is 31.9 Å². The maximum absolute atomic E-state index is 5.63. The van der Waals surface area contributed by atoms with Gasteiger partial charge in [0.2, 0.25) is 5.89 Å². The SMILES string of the molecule is Cc1occc1-c1nnc(SCc2coc(-c3cccs3)n2)n1Cc1ccccc1. The summed E-state index contributed by atoms with van der Waals surface area (Å²) < 4.78 is 13.2. The number of aryl methyl sites for hydroxylation is 1. The van der Waals surface area contributed by atoms with Crippen molar-refractivity contribution in [3.8, 4) is 22.2 Å². The standard InChI is InChI=1S/C22H18N4O2S2/c1-15-18(9-10-27-15)20-24-25-22(26(20)12-16-6-3-2-4-7-16)30-14-17-13-28-21(23-17)19-8-5-11-29-19/h2-11,13H,12,14H2,1H3. The highest BCUT2D eigenvalue weighted by molar-refractivity contribution is 7.98. The largest absolute Gasteiger partial charge is 0.469 e. The predicted octanol–water partition coefficient (Wildman–Crippen LogP) is 5.90. The van der Waals surface area contributed by atoms with E-state index in [-0.39, 0.29) is 0 Å². The van der Waals surface area contributed by atoms with Crippen molar-refractivity contribution >= 4 is 23.1 Å². The lowest BCUT2D eigenvalue weighted by Gasteiger charge is -2.09. The molecule has 4 aromatic heterocycles. The van der Waals surface area contributed by atoms with Crippen molar-refractivity contribution in [2.75, 3.05) is 0 Å². The monoisotopic (exact) mass is 434 g/mol. The summed E-state index contributed by atoms with van der Waals surface area (Å²) >= 11 is 3.21. The van der Waals surface area contributed by atoms with Crippen LogP contribution in [-0.4, -0.2) is 19.7 Å². The lowest BCUT2D eigenvalue weighted by atomic mass is 10.2. The molecule has 0 aliphatic rings. The van der Waals surface area contributed by atoms with Gasteiger partial charge in [-0.25, -0.2) is 4.98 Å². The molecule has 1 aromatic carbocycles. The van der Waals surface area contributed by atoms with E-state index in [1.807, 2.05) is 48.7 Å². The number of benzene rings is 1. The van der Waals surface area contributed by atoms with E-state index in [9.17, 15) is 0 Å². The van der Waals surface area contributed by atoms with E-state index in [1.165, 1.54) is 5.56 Å². The van der Waals surface area contributed by atoms with Gasteiger partial charge in [-0.2, -0.15) is 0 Å². The Morgan fingerprint density at radius 1 is 1.03 bits per heavy atom. The first-order valence-electron chi connectivity index (χ1n) is 9.40. The third-order valence-electron chi connectivity index (χ3n) is 4.63. The summed E-state index contributed by atoms with van der Waals surface area (Å²) in [5.41, 5.74) is 3.01. The quantitative estimate of drug-likeness (QED) is 0.297. The molecule has 0 radical (unpaired) electrons. The first kappa shape index (κ1) is 18.9. The van der Waals surface area contributed by atoms with Crippen LogP contribution in [0.5, 0.6) is 0 Å². The first-order chi connectivity index (χ1) is 14.8. The Morgan fingerprint density at radius 2 is 1.93 bits per heavy atom. The van der Waals surface area contributed by atoms with E-state index in [1.54, 1.807) is 35.6 Å². The molecule has 0 aliphatic carbocycles. The van der Waals surface area contributed by atoms with Gasteiger partial charge in [-0.3, -0.25) is 4.57 Å². The molecule has 0 fully saturated rings. The normalized spacial score (nSPS) is 11.2. The van der Waals surface area contributed by atoms with Crippen molar-refractivity contribution in [1.82, 2.24) is 19.7 Å². The maximum atomic E-state index is 5.63. The Labute approximate surface area is 181 Å². The number of nitrogens with zero attached hydrogens (tertiary/aromatic N) is 4. The zero-order chi connectivity index (χ0) is 20.3. The molecule has 0 spiro atoms. The molecule has 0 unspecified atom stereocenters. The van der Waals surface area contributed by atoms with Crippen LogP contribution in [0.2, 0.25) is 0 Å². The highest BCUT2D eigenvalue weighted by Gasteiger charge is 2.18. The molecule has 4 heterocycles. The van der Waals surface area contributed by atoms with Gasteiger partial charge in [0.25, 0.3) is 0 Å². The van der Waals surface area contributed by atoms with E-state index < -0.39 is 0 Å². The van der Waals surface area contributed by atoms with Gasteiger partial charge >= 0.3 is 0 Å². The summed E-state index contributed by atoms with van der Waals surface area (Å²) in [6.07, 6.45) is 3.39. The van der Waals surface area contributed by atoms with Gasteiger partial charge in [0.1, 0.15) is 12.0 Å². The second-order valence-electron chi connectivity index (χ2n) is 6.68. The molecule has 0 amide bonds. The number of aromatic nitrogens is 4. The third kappa shape index (κ3) is 3.83. The van der Waals surface area contributed by atoms with Gasteiger partial charge in [0, 0.05) is 5.75 Å². The lowest BCUT2D eigenvalue weighted by molar-refractivity contribution is 0.534. The van der Waals surface area contributed by atoms with Gasteiger partial charge in [0.05, 0.1) is 28.9 Å². The van der Waals surface area contributed by atoms with Crippen molar-refractivity contribution < 1.29 is 8.83 Å². The fourth-order valence-corrected chi connectivity index (χ4v) is 4.62. The zero-order valence-electron chi connectivity index (χ0n) is 16.2. The van der Waals surface area contributed by atoms with Crippen molar-refractivity contribution in [3.05, 3.63) is 83.5 Å². The average molecular weight is 435 g/mol. The van der Waals surface area contributed by atoms with Gasteiger partial charge in [-0.05, 0) is 30.0 Å². The molecule has 8 heteroatoms. The summed E-state index contributed by atoms with van der Waals surface area (Å²) in [7, 11) is 0. The van der Waals surface area contributed by atoms with Gasteiger partial charge in [0.15, 0.2) is 11.0 Å². The molecule has 5 rings (SSSR count). The second-order valence-corrected chi connectivity index (χ2v) is 8.57. The molecule has 150 valence electrons. The van der Waals surface area contributed by atoms with Crippen LogP contribution in [0.25, 0.3) is 22.2 Å². The smallest absolute Gasteiger partial charge is 0.236 e. The number of furan rings is 1. The number of thioether (sulfide) groups is 1. The zero-order valence-corrected chi connectivity index (χ0v) is 17.8. The second kappa shape index (κ2) is 8.33. The molecule has 0 aliphatic heterocycles. The highest BCUT2D eigenvalue weighted by Crippen LogP contribution is 2.30. The topological polar surface area (TPSA) is 69.9 Å². The minimum absolute atomic E-state index is 0.645. The number of hydrogen-bond acceptors (Lipinski definition) is 7. The fourth-order valence-electron chi connectivity index (χ4n) is 3.15. The van der Waals surface area contributed by atoms with E-state index >= 15 is 0 Å². The van der Waals surface area contributed by atoms with Crippen molar-refractivity contribution in [2.45, 2.75) is 24.4 Å². The average Bonchev–Trinajstić information content (AvgIpc) is 3.55. The molecular formula is C22H18N4O2S2. The Hall–Kier alpha value is -3.10. The fraction of sp³-hybridized carbons (Fsp3) is 0.136. The Kier molecular flexibility index (Phi) is 5.25. The third-order valence-corrected chi connectivity index (χ3v) is 6.49. The number of thiophene rings is 1. The van der Waals surface area contributed by atoms with Crippen LogP contribution in [0.15, 0.2) is 80.4 Å². The summed E-state index contributed by atoms with van der Waals surface area (Å²) in [6.45, 7) is 2.61. The summed E-state index contributed by atoms with van der Waals surface area (Å²) in [5, 5.41) is 11.8. The Bertz CT molecular complexity index is 1240. The molecular weight excluding hydrogens is 416 g/mol. The summed E-state index contributed by atoms with van der Waals surface area (Å²) in [4.78, 5) is 5.63. The Balaban J connectivity index is 1.42. The van der Waals surface area contributed by atoms with Crippen LogP contribution >= 0.6 is 23.1 Å². The van der Waals surface area contributed by atoms with E-state index in [4.69, 9.17) is 8.83 Å². The van der Waals surface area contributed by atoms with Crippen molar-refractivity contribution in [1.29, 1.82) is 0 Å². The first-order valence-corrected chi connectivity index (χ1v) is 11.3. The highest BCUT2D eigenvalue weighted by atomic mass is 32.2. The molecule has 0 bridgehead atoms. The van der Waals surface area contributed by atoms with E-state index in [0.29, 0.717) is 18.2 Å². The Morgan fingerprint density at radius 3 is 2.70 bits per heavy atom. The molecule has 30 heavy (non-hydrogen) atoms. The molecule has 6 nitrogen and oxygen atoms in total. The van der Waals surface area contributed by atoms with Crippen LogP contribution in [0.1, 0.15) is 17.0 Å². The van der Waals surface area contributed by atoms with Crippen LogP contribution < -0.4 is 0 Å². The van der Waals surface area contributed by atoms with Crippen molar-refractivity contribution in [2.24, 2.45) is 0 Å². The van der Waals surface area contributed by atoms with Crippen LogP contribution in [0.4, 0.5) is 0 Å². The molecule has 0 N–H and O–H groups in total. The van der Waals surface area contributed by atoms with Crippen LogP contribution in [-0.2, 0) is 12.3 Å². The molecule has 0 saturated carbocycles. The lowest BCUT2D eigenvalue weighted by Crippen LogP contribution is -2.04. The minimum atomic E-state index is 0.645. The molecule has 5 aromatic rings. The molecule has 0 atom stereocenters. The van der Waals surface area contributed by atoms with Gasteiger partial charge < -0.3 is 8.83 Å². The number of hydrogen-bond donors (Lipinski definition) is 0. The van der Waals surface area contributed by atoms with Crippen LogP contribution in [0, 0.1) is 6.92 Å². The summed E-state index contributed by atoms with van der Waals surface area (Å²) in [5.74, 6) is 2.92. The number of rotatable bonds is 7. The maximum Gasteiger partial charge on any atom is 0.236 e. The minimum Gasteiger partial charge on any atom is -0.469 e. The van der Waals surface area contributed by atoms with Crippen molar-refractivity contribution in [3.63, 3.8) is 0 Å². The summed E-state index contributed by atoms with van der Waals surface area (Å²) in [6, 6.07) is 16.2. The van der Waals surface area contributed by atoms with Gasteiger partial charge in [-0.1, -0.05) is 48.2 Å². The van der Waals surface area contributed by atoms with Gasteiger partial charge in [-0.15, -0.1) is 21.5 Å². The van der Waals surface area contributed by atoms with Crippen LogP contribution in [0.3, 0.4) is 0 Å². The number of oxazole rings is 1. The predicted molar refractivity (Wildman–Crippen MR) is 117 cm³/mol. The molecule has 0 saturated heterocycles.